The summed E-state index contributed by atoms with van der Waals surface area (Å²) in [6, 6.07) is 4.15. The van der Waals surface area contributed by atoms with Gasteiger partial charge in [0.15, 0.2) is 11.5 Å². The first-order valence-electron chi connectivity index (χ1n) is 6.14. The van der Waals surface area contributed by atoms with Gasteiger partial charge in [-0.15, -0.1) is 5.10 Å². The Morgan fingerprint density at radius 1 is 1.42 bits per heavy atom. The fourth-order valence-corrected chi connectivity index (χ4v) is 1.91. The Balaban J connectivity index is 1.65. The largest absolute Gasteiger partial charge is 0.469 e. The van der Waals surface area contributed by atoms with Crippen LogP contribution in [0.1, 0.15) is 19.1 Å². The summed E-state index contributed by atoms with van der Waals surface area (Å²) in [5.74, 6) is 1.78. The van der Waals surface area contributed by atoms with E-state index in [2.05, 4.69) is 32.7 Å². The van der Waals surface area contributed by atoms with Crippen LogP contribution >= 0.6 is 0 Å². The highest BCUT2D eigenvalue weighted by molar-refractivity contribution is 5.44. The first kappa shape index (κ1) is 11.6. The fourth-order valence-electron chi connectivity index (χ4n) is 1.91. The number of fused-ring (bicyclic) bond motifs is 1. The van der Waals surface area contributed by atoms with Crippen molar-refractivity contribution in [3.63, 3.8) is 0 Å². The predicted molar refractivity (Wildman–Crippen MR) is 68.7 cm³/mol. The molecule has 1 N–H and O–H groups in total. The monoisotopic (exact) mass is 258 g/mol. The molecule has 0 aliphatic carbocycles. The van der Waals surface area contributed by atoms with E-state index in [0.717, 1.165) is 24.4 Å². The summed E-state index contributed by atoms with van der Waals surface area (Å²) in [6.07, 6.45) is 6.87. The number of nitrogens with zero attached hydrogens (tertiary/aromatic N) is 5. The second-order valence-corrected chi connectivity index (χ2v) is 4.40. The van der Waals surface area contributed by atoms with Crippen molar-refractivity contribution in [2.45, 2.75) is 25.8 Å². The van der Waals surface area contributed by atoms with E-state index in [1.807, 2.05) is 12.1 Å². The molecule has 0 saturated carbocycles. The Bertz CT molecular complexity index is 647. The molecule has 0 spiro atoms. The minimum Gasteiger partial charge on any atom is -0.469 e. The number of tetrazole rings is 1. The number of furan rings is 1. The highest BCUT2D eigenvalue weighted by Gasteiger charge is 2.08. The summed E-state index contributed by atoms with van der Waals surface area (Å²) in [5.41, 5.74) is 0.628. The number of nitrogens with one attached hydrogen (secondary N) is 1. The summed E-state index contributed by atoms with van der Waals surface area (Å²) in [6.45, 7) is 2.10. The van der Waals surface area contributed by atoms with Crippen molar-refractivity contribution in [3.05, 3.63) is 36.5 Å². The van der Waals surface area contributed by atoms with Gasteiger partial charge in [-0.3, -0.25) is 4.98 Å². The maximum atomic E-state index is 5.31. The Morgan fingerprint density at radius 2 is 2.37 bits per heavy atom. The van der Waals surface area contributed by atoms with Gasteiger partial charge >= 0.3 is 0 Å². The molecule has 1 atom stereocenters. The van der Waals surface area contributed by atoms with Gasteiger partial charge in [-0.2, -0.15) is 4.52 Å². The van der Waals surface area contributed by atoms with Gasteiger partial charge in [0.1, 0.15) is 5.76 Å². The molecule has 98 valence electrons. The molecule has 0 amide bonds. The SMILES string of the molecule is CC(CCc1ccco1)Nc1cncc2nnnn12. The maximum Gasteiger partial charge on any atom is 0.199 e. The van der Waals surface area contributed by atoms with E-state index < -0.39 is 0 Å². The Labute approximate surface area is 109 Å². The molecule has 0 radical (unpaired) electrons. The van der Waals surface area contributed by atoms with Gasteiger partial charge in [-0.05, 0) is 35.9 Å². The zero-order valence-electron chi connectivity index (χ0n) is 10.5. The van der Waals surface area contributed by atoms with Crippen LogP contribution in [0.3, 0.4) is 0 Å². The number of aryl methyl sites for hydroxylation is 1. The van der Waals surface area contributed by atoms with Crippen LogP contribution in [0.25, 0.3) is 5.65 Å². The zero-order chi connectivity index (χ0) is 13.1. The number of anilines is 1. The molecular weight excluding hydrogens is 244 g/mol. The minimum absolute atomic E-state index is 0.265. The fraction of sp³-hybridized carbons (Fsp3) is 0.333. The third kappa shape index (κ3) is 2.54. The molecule has 3 aromatic rings. The van der Waals surface area contributed by atoms with Crippen LogP contribution in [0.2, 0.25) is 0 Å². The lowest BCUT2D eigenvalue weighted by Gasteiger charge is -2.14. The smallest absolute Gasteiger partial charge is 0.199 e. The van der Waals surface area contributed by atoms with Gasteiger partial charge in [0, 0.05) is 12.5 Å². The lowest BCUT2D eigenvalue weighted by Crippen LogP contribution is -2.18. The number of rotatable bonds is 5. The molecule has 7 nitrogen and oxygen atoms in total. The molecule has 0 fully saturated rings. The van der Waals surface area contributed by atoms with Crippen LogP contribution in [-0.4, -0.2) is 31.1 Å². The Hall–Kier alpha value is -2.44. The van der Waals surface area contributed by atoms with Crippen LogP contribution in [-0.2, 0) is 6.42 Å². The molecule has 3 rings (SSSR count). The van der Waals surface area contributed by atoms with E-state index in [-0.39, 0.29) is 6.04 Å². The van der Waals surface area contributed by atoms with Crippen LogP contribution in [0.15, 0.2) is 35.2 Å². The molecule has 3 aromatic heterocycles. The van der Waals surface area contributed by atoms with Crippen LogP contribution in [0, 0.1) is 0 Å². The quantitative estimate of drug-likeness (QED) is 0.747. The lowest BCUT2D eigenvalue weighted by atomic mass is 10.1. The predicted octanol–water partition coefficient (Wildman–Crippen LogP) is 1.55. The van der Waals surface area contributed by atoms with Crippen molar-refractivity contribution in [1.82, 2.24) is 25.0 Å². The van der Waals surface area contributed by atoms with Crippen molar-refractivity contribution >= 4 is 11.5 Å². The van der Waals surface area contributed by atoms with Crippen molar-refractivity contribution in [3.8, 4) is 0 Å². The molecule has 19 heavy (non-hydrogen) atoms. The molecule has 0 aromatic carbocycles. The van der Waals surface area contributed by atoms with Crippen LogP contribution in [0.4, 0.5) is 5.82 Å². The van der Waals surface area contributed by atoms with Gasteiger partial charge in [-0.25, -0.2) is 0 Å². The van der Waals surface area contributed by atoms with Crippen LogP contribution < -0.4 is 5.32 Å². The van der Waals surface area contributed by atoms with Crippen molar-refractivity contribution < 1.29 is 4.42 Å². The molecule has 0 saturated heterocycles. The topological polar surface area (TPSA) is 81.1 Å². The summed E-state index contributed by atoms with van der Waals surface area (Å²) in [5, 5.41) is 14.7. The van der Waals surface area contributed by atoms with E-state index in [1.165, 1.54) is 0 Å². The summed E-state index contributed by atoms with van der Waals surface area (Å²) >= 11 is 0. The highest BCUT2D eigenvalue weighted by atomic mass is 16.3. The van der Waals surface area contributed by atoms with E-state index in [4.69, 9.17) is 4.42 Å². The second kappa shape index (κ2) is 5.05. The second-order valence-electron chi connectivity index (χ2n) is 4.40. The molecule has 1 unspecified atom stereocenters. The molecule has 0 aliphatic rings. The van der Waals surface area contributed by atoms with Gasteiger partial charge in [0.05, 0.1) is 18.7 Å². The van der Waals surface area contributed by atoms with E-state index in [1.54, 1.807) is 23.2 Å². The lowest BCUT2D eigenvalue weighted by molar-refractivity contribution is 0.494. The van der Waals surface area contributed by atoms with Gasteiger partial charge < -0.3 is 9.73 Å². The van der Waals surface area contributed by atoms with Crippen molar-refractivity contribution in [1.29, 1.82) is 0 Å². The van der Waals surface area contributed by atoms with E-state index in [0.29, 0.717) is 5.65 Å². The maximum absolute atomic E-state index is 5.31. The molecular formula is C12H14N6O. The molecule has 7 heteroatoms. The molecule has 3 heterocycles. The van der Waals surface area contributed by atoms with Crippen molar-refractivity contribution in [2.24, 2.45) is 0 Å². The average Bonchev–Trinajstić information content (AvgIpc) is 3.08. The first-order chi connectivity index (χ1) is 9.33. The third-order valence-electron chi connectivity index (χ3n) is 2.91. The number of hydrogen-bond acceptors (Lipinski definition) is 6. The number of hydrogen-bond donors (Lipinski definition) is 1. The van der Waals surface area contributed by atoms with Gasteiger partial charge in [0.2, 0.25) is 0 Å². The average molecular weight is 258 g/mol. The van der Waals surface area contributed by atoms with Gasteiger partial charge in [0.25, 0.3) is 0 Å². The molecule has 0 aliphatic heterocycles. The Kier molecular flexibility index (Phi) is 3.09. The number of aromatic nitrogens is 5. The summed E-state index contributed by atoms with van der Waals surface area (Å²) in [4.78, 5) is 4.10. The van der Waals surface area contributed by atoms with Crippen molar-refractivity contribution in [2.75, 3.05) is 5.32 Å². The first-order valence-corrected chi connectivity index (χ1v) is 6.14. The standard InChI is InChI=1S/C12H14N6O/c1-9(4-5-10-3-2-6-19-10)14-11-7-13-8-12-15-16-17-18(11)12/h2-3,6-9,14H,4-5H2,1H3. The van der Waals surface area contributed by atoms with E-state index in [9.17, 15) is 0 Å². The van der Waals surface area contributed by atoms with Gasteiger partial charge in [-0.1, -0.05) is 0 Å². The Morgan fingerprint density at radius 3 is 3.21 bits per heavy atom. The van der Waals surface area contributed by atoms with Crippen LogP contribution in [0.5, 0.6) is 0 Å². The normalized spacial score (nSPS) is 12.7. The summed E-state index contributed by atoms with van der Waals surface area (Å²) in [7, 11) is 0. The third-order valence-corrected chi connectivity index (χ3v) is 2.91. The molecule has 0 bridgehead atoms. The minimum atomic E-state index is 0.265. The summed E-state index contributed by atoms with van der Waals surface area (Å²) < 4.78 is 6.95. The highest BCUT2D eigenvalue weighted by Crippen LogP contribution is 2.11. The zero-order valence-corrected chi connectivity index (χ0v) is 10.5. The van der Waals surface area contributed by atoms with E-state index >= 15 is 0 Å².